The van der Waals surface area contributed by atoms with Crippen molar-refractivity contribution < 1.29 is 9.47 Å². The lowest BCUT2D eigenvalue weighted by atomic mass is 10.0. The largest absolute Gasteiger partial charge is 0.345 e. The highest BCUT2D eigenvalue weighted by Gasteiger charge is 2.41. The van der Waals surface area contributed by atoms with E-state index in [2.05, 4.69) is 57.3 Å². The smallest absolute Gasteiger partial charge is 0.187 e. The number of nitrogens with zero attached hydrogens (tertiary/aromatic N) is 2. The number of aromatic nitrogens is 2. The highest BCUT2D eigenvalue weighted by molar-refractivity contribution is 9.10. The molecule has 30 heavy (non-hydrogen) atoms. The molecule has 0 radical (unpaired) electrons. The summed E-state index contributed by atoms with van der Waals surface area (Å²) in [6, 6.07) is 16.4. The highest BCUT2D eigenvalue weighted by atomic mass is 79.9. The molecule has 158 valence electrons. The molecule has 2 atom stereocenters. The van der Waals surface area contributed by atoms with Crippen LogP contribution in [0, 0.1) is 0 Å². The molecule has 0 bridgehead atoms. The molecule has 0 amide bonds. The summed E-state index contributed by atoms with van der Waals surface area (Å²) >= 11 is 11.3. The lowest BCUT2D eigenvalue weighted by Gasteiger charge is -2.28. The number of rotatable bonds is 9. The van der Waals surface area contributed by atoms with Crippen molar-refractivity contribution >= 4 is 39.3 Å². The second-order valence-electron chi connectivity index (χ2n) is 7.46. The van der Waals surface area contributed by atoms with E-state index in [1.54, 1.807) is 6.20 Å². The maximum Gasteiger partial charge on any atom is 0.187 e. The van der Waals surface area contributed by atoms with Crippen LogP contribution in [-0.2, 0) is 28.2 Å². The van der Waals surface area contributed by atoms with Crippen molar-refractivity contribution in [1.29, 1.82) is 0 Å². The Bertz CT molecular complexity index is 921. The van der Waals surface area contributed by atoms with Crippen LogP contribution in [0.25, 0.3) is 0 Å². The summed E-state index contributed by atoms with van der Waals surface area (Å²) in [6.45, 7) is 1.25. The van der Waals surface area contributed by atoms with Gasteiger partial charge in [-0.25, -0.2) is 4.98 Å². The van der Waals surface area contributed by atoms with Crippen molar-refractivity contribution in [2.24, 2.45) is 0 Å². The summed E-state index contributed by atoms with van der Waals surface area (Å²) in [6.07, 6.45) is 7.33. The number of hydrogen-bond donors (Lipinski definition) is 0. The highest BCUT2D eigenvalue weighted by Crippen LogP contribution is 2.32. The van der Waals surface area contributed by atoms with E-state index in [9.17, 15) is 0 Å². The molecule has 1 saturated heterocycles. The van der Waals surface area contributed by atoms with Crippen molar-refractivity contribution in [3.05, 3.63) is 87.9 Å². The molecule has 3 aromatic rings. The van der Waals surface area contributed by atoms with E-state index >= 15 is 0 Å². The summed E-state index contributed by atoms with van der Waals surface area (Å²) in [5.74, 6) is 1.20. The quantitative estimate of drug-likeness (QED) is 0.357. The molecule has 1 aliphatic rings. The number of ether oxygens (including phenoxy) is 2. The molecule has 0 aliphatic carbocycles. The van der Waals surface area contributed by atoms with Gasteiger partial charge in [-0.2, -0.15) is 11.8 Å². The molecule has 0 spiro atoms. The Hall–Kier alpha value is -1.31. The third-order valence-electron chi connectivity index (χ3n) is 5.09. The van der Waals surface area contributed by atoms with E-state index in [4.69, 9.17) is 21.1 Å². The first-order chi connectivity index (χ1) is 14.6. The van der Waals surface area contributed by atoms with E-state index < -0.39 is 5.79 Å². The fourth-order valence-corrected chi connectivity index (χ4v) is 4.89. The molecule has 7 heteroatoms. The fourth-order valence-electron chi connectivity index (χ4n) is 3.52. The van der Waals surface area contributed by atoms with Gasteiger partial charge in [-0.05, 0) is 41.8 Å². The van der Waals surface area contributed by atoms with Crippen molar-refractivity contribution in [3.63, 3.8) is 0 Å². The fraction of sp³-hybridized carbons (Fsp3) is 0.348. The van der Waals surface area contributed by atoms with Crippen LogP contribution >= 0.6 is 39.3 Å². The van der Waals surface area contributed by atoms with Crippen LogP contribution in [-0.4, -0.2) is 33.8 Å². The standard InChI is InChI=1S/C23H24BrClN2O2S/c24-20-5-1-18(2-6-20)9-10-23(16-27-12-11-26-17-27)28-13-22(29-23)15-30-14-19-3-7-21(25)8-4-19/h1-8,11-12,17,22H,9-10,13-16H2. The summed E-state index contributed by atoms with van der Waals surface area (Å²) < 4.78 is 15.9. The van der Waals surface area contributed by atoms with Crippen molar-refractivity contribution in [2.45, 2.75) is 37.0 Å². The zero-order valence-electron chi connectivity index (χ0n) is 16.5. The Morgan fingerprint density at radius 1 is 1.13 bits per heavy atom. The molecule has 1 aliphatic heterocycles. The molecule has 4 rings (SSSR count). The SMILES string of the molecule is Clc1ccc(CSCC2COC(CCc3ccc(Br)cc3)(Cn3ccnc3)O2)cc1. The van der Waals surface area contributed by atoms with Gasteiger partial charge in [-0.3, -0.25) is 0 Å². The lowest BCUT2D eigenvalue weighted by molar-refractivity contribution is -0.180. The number of halogens is 2. The molecule has 2 unspecified atom stereocenters. The second kappa shape index (κ2) is 10.3. The van der Waals surface area contributed by atoms with Gasteiger partial charge in [0.15, 0.2) is 5.79 Å². The Morgan fingerprint density at radius 3 is 2.63 bits per heavy atom. The van der Waals surface area contributed by atoms with Gasteiger partial charge in [0.1, 0.15) is 0 Å². The average Bonchev–Trinajstić information content (AvgIpc) is 3.40. The molecule has 1 aromatic heterocycles. The Morgan fingerprint density at radius 2 is 1.90 bits per heavy atom. The topological polar surface area (TPSA) is 36.3 Å². The van der Waals surface area contributed by atoms with E-state index in [1.165, 1.54) is 11.1 Å². The molecular formula is C23H24BrClN2O2S. The molecule has 2 aromatic carbocycles. The van der Waals surface area contributed by atoms with E-state index in [0.29, 0.717) is 13.2 Å². The number of thioether (sulfide) groups is 1. The van der Waals surface area contributed by atoms with E-state index in [-0.39, 0.29) is 6.10 Å². The minimum atomic E-state index is -0.626. The first-order valence-electron chi connectivity index (χ1n) is 9.94. The van der Waals surface area contributed by atoms with E-state index in [0.717, 1.165) is 33.8 Å². The number of benzene rings is 2. The summed E-state index contributed by atoms with van der Waals surface area (Å²) in [5, 5.41) is 0.770. The molecule has 1 fully saturated rings. The normalized spacial score (nSPS) is 21.2. The minimum Gasteiger partial charge on any atom is -0.345 e. The van der Waals surface area contributed by atoms with Crippen LogP contribution in [0.3, 0.4) is 0 Å². The minimum absolute atomic E-state index is 0.0794. The lowest BCUT2D eigenvalue weighted by Crippen LogP contribution is -2.37. The van der Waals surface area contributed by atoms with Gasteiger partial charge in [0.2, 0.25) is 0 Å². The van der Waals surface area contributed by atoms with Gasteiger partial charge in [0, 0.05) is 39.8 Å². The van der Waals surface area contributed by atoms with Crippen LogP contribution in [0.15, 0.2) is 71.7 Å². The zero-order chi connectivity index (χ0) is 20.8. The summed E-state index contributed by atoms with van der Waals surface area (Å²) in [4.78, 5) is 4.16. The van der Waals surface area contributed by atoms with Crippen LogP contribution < -0.4 is 0 Å². The third-order valence-corrected chi connectivity index (χ3v) is 7.02. The van der Waals surface area contributed by atoms with Crippen molar-refractivity contribution in [3.8, 4) is 0 Å². The number of aryl methyl sites for hydroxylation is 1. The maximum atomic E-state index is 6.50. The first kappa shape index (κ1) is 21.9. The van der Waals surface area contributed by atoms with Crippen LogP contribution in [0.4, 0.5) is 0 Å². The average molecular weight is 508 g/mol. The Balaban J connectivity index is 1.35. The molecule has 0 saturated carbocycles. The summed E-state index contributed by atoms with van der Waals surface area (Å²) in [7, 11) is 0. The van der Waals surface area contributed by atoms with Crippen LogP contribution in [0.5, 0.6) is 0 Å². The third kappa shape index (κ3) is 6.11. The van der Waals surface area contributed by atoms with Crippen LogP contribution in [0.2, 0.25) is 5.02 Å². The Kier molecular flexibility index (Phi) is 7.55. The summed E-state index contributed by atoms with van der Waals surface area (Å²) in [5.41, 5.74) is 2.54. The molecular weight excluding hydrogens is 484 g/mol. The number of imidazole rings is 1. The molecule has 4 nitrogen and oxygen atoms in total. The zero-order valence-corrected chi connectivity index (χ0v) is 19.7. The van der Waals surface area contributed by atoms with Crippen LogP contribution in [0.1, 0.15) is 17.5 Å². The van der Waals surface area contributed by atoms with Gasteiger partial charge in [0.05, 0.1) is 25.6 Å². The molecule has 2 heterocycles. The van der Waals surface area contributed by atoms with E-state index in [1.807, 2.05) is 41.0 Å². The van der Waals surface area contributed by atoms with Gasteiger partial charge >= 0.3 is 0 Å². The van der Waals surface area contributed by atoms with Gasteiger partial charge in [-0.15, -0.1) is 0 Å². The van der Waals surface area contributed by atoms with Crippen molar-refractivity contribution in [2.75, 3.05) is 12.4 Å². The van der Waals surface area contributed by atoms with Gasteiger partial charge in [0.25, 0.3) is 0 Å². The predicted molar refractivity (Wildman–Crippen MR) is 126 cm³/mol. The number of hydrogen-bond acceptors (Lipinski definition) is 4. The van der Waals surface area contributed by atoms with Gasteiger partial charge in [-0.1, -0.05) is 51.8 Å². The maximum absolute atomic E-state index is 6.50. The predicted octanol–water partition coefficient (Wildman–Crippen LogP) is 5.98. The molecule has 0 N–H and O–H groups in total. The van der Waals surface area contributed by atoms with Crippen molar-refractivity contribution in [1.82, 2.24) is 9.55 Å². The monoisotopic (exact) mass is 506 g/mol. The second-order valence-corrected chi connectivity index (χ2v) is 9.85. The first-order valence-corrected chi connectivity index (χ1v) is 12.3. The Labute approximate surface area is 195 Å². The van der Waals surface area contributed by atoms with Gasteiger partial charge < -0.3 is 14.0 Å².